The molecule has 148 valence electrons. The molecule has 0 bridgehead atoms. The summed E-state index contributed by atoms with van der Waals surface area (Å²) in [5, 5.41) is 0. The van der Waals surface area contributed by atoms with Gasteiger partial charge in [0.05, 0.1) is 11.8 Å². The number of anilines is 1. The molecule has 0 radical (unpaired) electrons. The number of nitrogens with zero attached hydrogens (tertiary/aromatic N) is 2. The van der Waals surface area contributed by atoms with Gasteiger partial charge in [0.15, 0.2) is 17.2 Å². The highest BCUT2D eigenvalue weighted by molar-refractivity contribution is 6.09. The van der Waals surface area contributed by atoms with E-state index < -0.39 is 59.4 Å². The number of primary amides is 1. The number of rotatable bonds is 5. The fraction of sp³-hybridized carbons (Fsp3) is 0.588. The maximum Gasteiger partial charge on any atom is 0.266 e. The molecule has 1 fully saturated rings. The van der Waals surface area contributed by atoms with Gasteiger partial charge < -0.3 is 10.5 Å². The average Bonchev–Trinajstić information content (AvgIpc) is 2.81. The first-order chi connectivity index (χ1) is 12.6. The Hall–Kier alpha value is -2.23. The third kappa shape index (κ3) is 3.05. The van der Waals surface area contributed by atoms with Crippen molar-refractivity contribution in [2.24, 2.45) is 11.7 Å². The van der Waals surface area contributed by atoms with Crippen LogP contribution in [0, 0.1) is 17.6 Å². The van der Waals surface area contributed by atoms with E-state index >= 15 is 0 Å². The minimum Gasteiger partial charge on any atom is -0.368 e. The van der Waals surface area contributed by atoms with Crippen molar-refractivity contribution in [2.75, 3.05) is 18.1 Å². The summed E-state index contributed by atoms with van der Waals surface area (Å²) in [6, 6.07) is 0. The molecule has 1 aliphatic heterocycles. The molecular formula is C17H19F4N3O3. The van der Waals surface area contributed by atoms with Gasteiger partial charge in [0.2, 0.25) is 11.8 Å². The number of hydrogen-bond acceptors (Lipinski definition) is 4. The van der Waals surface area contributed by atoms with Crippen molar-refractivity contribution in [3.05, 3.63) is 23.4 Å². The molecular weight excluding hydrogens is 370 g/mol. The number of alkyl halides is 2. The zero-order valence-electron chi connectivity index (χ0n) is 14.6. The largest absolute Gasteiger partial charge is 0.368 e. The highest BCUT2D eigenvalue weighted by atomic mass is 19.3. The minimum atomic E-state index is -3.07. The number of ether oxygens (including phenoxy) is 1. The van der Waals surface area contributed by atoms with Crippen LogP contribution in [0.4, 0.5) is 23.4 Å². The van der Waals surface area contributed by atoms with Crippen molar-refractivity contribution < 1.29 is 31.9 Å². The van der Waals surface area contributed by atoms with Gasteiger partial charge in [-0.05, 0) is 19.8 Å². The van der Waals surface area contributed by atoms with Gasteiger partial charge in [-0.3, -0.25) is 14.5 Å². The number of carbonyl (C=O) groups is 2. The van der Waals surface area contributed by atoms with Gasteiger partial charge in [-0.15, -0.1) is 0 Å². The van der Waals surface area contributed by atoms with E-state index in [4.69, 9.17) is 10.5 Å². The average molecular weight is 389 g/mol. The van der Waals surface area contributed by atoms with Crippen LogP contribution in [0.25, 0.3) is 0 Å². The minimum absolute atomic E-state index is 0.0925. The predicted octanol–water partition coefficient (Wildman–Crippen LogP) is 2.25. The maximum atomic E-state index is 14.8. The molecule has 0 spiro atoms. The van der Waals surface area contributed by atoms with Crippen LogP contribution in [0.3, 0.4) is 0 Å². The molecule has 2 amide bonds. The molecule has 10 heteroatoms. The first kappa shape index (κ1) is 19.5. The normalized spacial score (nSPS) is 26.9. The Morgan fingerprint density at radius 2 is 2.15 bits per heavy atom. The number of halogens is 4. The zero-order chi connectivity index (χ0) is 20.0. The van der Waals surface area contributed by atoms with Gasteiger partial charge in [-0.1, -0.05) is 0 Å². The van der Waals surface area contributed by atoms with Crippen LogP contribution in [-0.2, 0) is 19.9 Å². The summed E-state index contributed by atoms with van der Waals surface area (Å²) < 4.78 is 62.4. The van der Waals surface area contributed by atoms with Crippen LogP contribution in [0.2, 0.25) is 0 Å². The molecule has 1 aromatic heterocycles. The van der Waals surface area contributed by atoms with Gasteiger partial charge in [0, 0.05) is 25.4 Å². The predicted molar refractivity (Wildman–Crippen MR) is 85.9 cm³/mol. The first-order valence-electron chi connectivity index (χ1n) is 8.60. The van der Waals surface area contributed by atoms with Crippen LogP contribution >= 0.6 is 0 Å². The second kappa shape index (κ2) is 6.74. The van der Waals surface area contributed by atoms with E-state index in [1.54, 1.807) is 0 Å². The van der Waals surface area contributed by atoms with Crippen LogP contribution in [-0.4, -0.2) is 35.9 Å². The number of aromatic nitrogens is 1. The smallest absolute Gasteiger partial charge is 0.266 e. The molecule has 27 heavy (non-hydrogen) atoms. The maximum absolute atomic E-state index is 14.8. The van der Waals surface area contributed by atoms with E-state index in [9.17, 15) is 27.2 Å². The van der Waals surface area contributed by atoms with Gasteiger partial charge in [-0.25, -0.2) is 22.5 Å². The van der Waals surface area contributed by atoms with Gasteiger partial charge >= 0.3 is 0 Å². The SMILES string of the molecule is CCO[C@@]1([C@@H]2CCCC(F)(F)C2)C(=O)N(CC(N)=O)c2ncc(F)c(F)c21. The lowest BCUT2D eigenvalue weighted by atomic mass is 9.72. The van der Waals surface area contributed by atoms with Crippen molar-refractivity contribution in [1.29, 1.82) is 0 Å². The lowest BCUT2D eigenvalue weighted by molar-refractivity contribution is -0.166. The van der Waals surface area contributed by atoms with E-state index in [0.29, 0.717) is 6.20 Å². The number of amides is 2. The molecule has 2 heterocycles. The molecule has 0 unspecified atom stereocenters. The third-order valence-corrected chi connectivity index (χ3v) is 5.04. The second-order valence-electron chi connectivity index (χ2n) is 6.79. The van der Waals surface area contributed by atoms with E-state index in [2.05, 4.69) is 4.98 Å². The molecule has 1 saturated carbocycles. The Labute approximate surface area is 152 Å². The Kier molecular flexibility index (Phi) is 4.87. The molecule has 2 aliphatic rings. The standard InChI is InChI=1S/C17H19F4N3O3/c1-2-27-17(9-4-3-5-16(20,21)6-9)12-13(19)10(18)7-23-14(12)24(15(17)26)8-11(22)25/h7,9H,2-6,8H2,1H3,(H2,22,25)/t9-,17-/m1/s1. The molecule has 3 rings (SSSR count). The van der Waals surface area contributed by atoms with Gasteiger partial charge in [0.25, 0.3) is 5.91 Å². The van der Waals surface area contributed by atoms with Crippen LogP contribution in [0.5, 0.6) is 0 Å². The molecule has 0 aromatic carbocycles. The molecule has 2 N–H and O–H groups in total. The fourth-order valence-corrected chi connectivity index (χ4v) is 4.07. The number of fused-ring (bicyclic) bond motifs is 1. The fourth-order valence-electron chi connectivity index (χ4n) is 4.07. The zero-order valence-corrected chi connectivity index (χ0v) is 14.6. The summed E-state index contributed by atoms with van der Waals surface area (Å²) in [7, 11) is 0. The molecule has 2 atom stereocenters. The van der Waals surface area contributed by atoms with Crippen LogP contribution < -0.4 is 10.6 Å². The summed E-state index contributed by atoms with van der Waals surface area (Å²) in [4.78, 5) is 29.1. The Morgan fingerprint density at radius 3 is 2.74 bits per heavy atom. The quantitative estimate of drug-likeness (QED) is 0.783. The highest BCUT2D eigenvalue weighted by Gasteiger charge is 2.61. The Balaban J connectivity index is 2.22. The number of hydrogen-bond donors (Lipinski definition) is 1. The van der Waals surface area contributed by atoms with Gasteiger partial charge in [0.1, 0.15) is 12.4 Å². The number of nitrogens with two attached hydrogens (primary N) is 1. The second-order valence-corrected chi connectivity index (χ2v) is 6.79. The van der Waals surface area contributed by atoms with Gasteiger partial charge in [-0.2, -0.15) is 0 Å². The Bertz CT molecular complexity index is 789. The topological polar surface area (TPSA) is 85.5 Å². The van der Waals surface area contributed by atoms with Crippen molar-refractivity contribution in [2.45, 2.75) is 44.1 Å². The number of carbonyl (C=O) groups excluding carboxylic acids is 2. The molecule has 0 saturated heterocycles. The van der Waals surface area contributed by atoms with E-state index in [1.807, 2.05) is 0 Å². The lowest BCUT2D eigenvalue weighted by Gasteiger charge is -2.40. The monoisotopic (exact) mass is 389 g/mol. The van der Waals surface area contributed by atoms with Crippen LogP contribution in [0.1, 0.15) is 38.2 Å². The summed E-state index contributed by atoms with van der Waals surface area (Å²) in [5.41, 5.74) is 2.43. The summed E-state index contributed by atoms with van der Waals surface area (Å²) in [5.74, 6) is -9.10. The van der Waals surface area contributed by atoms with Crippen molar-refractivity contribution in [3.8, 4) is 0 Å². The van der Waals surface area contributed by atoms with Crippen molar-refractivity contribution in [3.63, 3.8) is 0 Å². The Morgan fingerprint density at radius 1 is 1.44 bits per heavy atom. The molecule has 1 aliphatic carbocycles. The molecule has 1 aromatic rings. The highest BCUT2D eigenvalue weighted by Crippen LogP contribution is 2.53. The van der Waals surface area contributed by atoms with E-state index in [0.717, 1.165) is 4.90 Å². The summed E-state index contributed by atoms with van der Waals surface area (Å²) in [6.45, 7) is 0.743. The summed E-state index contributed by atoms with van der Waals surface area (Å²) in [6.07, 6.45) is -0.274. The van der Waals surface area contributed by atoms with E-state index in [1.165, 1.54) is 6.92 Å². The summed E-state index contributed by atoms with van der Waals surface area (Å²) >= 11 is 0. The van der Waals surface area contributed by atoms with Crippen molar-refractivity contribution in [1.82, 2.24) is 4.98 Å². The number of pyridine rings is 1. The molecule has 6 nitrogen and oxygen atoms in total. The van der Waals surface area contributed by atoms with E-state index in [-0.39, 0.29) is 31.7 Å². The van der Waals surface area contributed by atoms with Crippen LogP contribution in [0.15, 0.2) is 6.20 Å². The lowest BCUT2D eigenvalue weighted by Crippen LogP contribution is -2.52. The first-order valence-corrected chi connectivity index (χ1v) is 8.60. The third-order valence-electron chi connectivity index (χ3n) is 5.04. The van der Waals surface area contributed by atoms with Crippen molar-refractivity contribution >= 4 is 17.6 Å².